The van der Waals surface area contributed by atoms with Gasteiger partial charge >= 0.3 is 5.97 Å². The van der Waals surface area contributed by atoms with Crippen LogP contribution in [0.15, 0.2) is 6.20 Å². The molecule has 13 heavy (non-hydrogen) atoms. The fourth-order valence-corrected chi connectivity index (χ4v) is 1.49. The largest absolute Gasteiger partial charge is 0.465 e. The topological polar surface area (TPSA) is 44.1 Å². The van der Waals surface area contributed by atoms with Gasteiger partial charge in [-0.25, -0.2) is 4.79 Å². The van der Waals surface area contributed by atoms with Crippen molar-refractivity contribution in [2.75, 3.05) is 7.11 Å². The Morgan fingerprint density at radius 3 is 2.69 bits per heavy atom. The molecule has 0 saturated carbocycles. The van der Waals surface area contributed by atoms with E-state index in [1.54, 1.807) is 10.9 Å². The van der Waals surface area contributed by atoms with E-state index in [1.807, 2.05) is 36.4 Å². The molecule has 0 fully saturated rings. The van der Waals surface area contributed by atoms with Crippen LogP contribution in [-0.4, -0.2) is 22.9 Å². The summed E-state index contributed by atoms with van der Waals surface area (Å²) in [6.07, 6.45) is 1.71. The van der Waals surface area contributed by atoms with E-state index in [-0.39, 0.29) is 12.0 Å². The molecule has 0 unspecified atom stereocenters. The number of aromatic nitrogens is 2. The minimum atomic E-state index is -0.337. The van der Waals surface area contributed by atoms with Crippen LogP contribution in [0.1, 0.15) is 30.2 Å². The fourth-order valence-electron chi connectivity index (χ4n) is 0.881. The van der Waals surface area contributed by atoms with Gasteiger partial charge in [0.15, 0.2) is 0 Å². The molecule has 0 N–H and O–H groups in total. The molecule has 0 aliphatic rings. The number of rotatable bonds is 2. The third-order valence-corrected chi connectivity index (χ3v) is 2.42. The van der Waals surface area contributed by atoms with Crippen LogP contribution in [0.4, 0.5) is 0 Å². The Morgan fingerprint density at radius 1 is 1.69 bits per heavy atom. The molecule has 1 rings (SSSR count). The van der Waals surface area contributed by atoms with Gasteiger partial charge in [0, 0.05) is 12.2 Å². The van der Waals surface area contributed by atoms with Crippen molar-refractivity contribution in [2.24, 2.45) is 0 Å². The Kier molecular flexibility index (Phi) is 3.29. The van der Waals surface area contributed by atoms with Crippen LogP contribution in [-0.2, 0) is 4.74 Å². The van der Waals surface area contributed by atoms with Crippen molar-refractivity contribution in [3.05, 3.63) is 15.5 Å². The van der Waals surface area contributed by atoms with Crippen LogP contribution < -0.4 is 0 Å². The molecule has 0 saturated heterocycles. The molecule has 1 aromatic rings. The molecule has 0 amide bonds. The quantitative estimate of drug-likeness (QED) is 0.617. The first-order valence-electron chi connectivity index (χ1n) is 3.89. The number of ether oxygens (including phenoxy) is 1. The molecule has 4 nitrogen and oxygen atoms in total. The highest BCUT2D eigenvalue weighted by Crippen LogP contribution is 2.14. The van der Waals surface area contributed by atoms with Crippen LogP contribution in [0.5, 0.6) is 0 Å². The lowest BCUT2D eigenvalue weighted by Crippen LogP contribution is -2.02. The zero-order valence-electron chi connectivity index (χ0n) is 7.74. The van der Waals surface area contributed by atoms with E-state index >= 15 is 0 Å². The lowest BCUT2D eigenvalue weighted by atomic mass is 10.3. The second kappa shape index (κ2) is 4.08. The second-order valence-electron chi connectivity index (χ2n) is 2.90. The maximum atomic E-state index is 11.2. The van der Waals surface area contributed by atoms with Crippen LogP contribution in [0.3, 0.4) is 0 Å². The highest BCUT2D eigenvalue weighted by molar-refractivity contribution is 14.1. The van der Waals surface area contributed by atoms with Crippen molar-refractivity contribution in [2.45, 2.75) is 19.9 Å². The van der Waals surface area contributed by atoms with E-state index in [2.05, 4.69) is 9.84 Å². The summed E-state index contributed by atoms with van der Waals surface area (Å²) in [6, 6.07) is 0.256. The van der Waals surface area contributed by atoms with Gasteiger partial charge in [0.05, 0.1) is 7.11 Å². The smallest absolute Gasteiger partial charge is 0.342 e. The van der Waals surface area contributed by atoms with Gasteiger partial charge in [-0.15, -0.1) is 0 Å². The van der Waals surface area contributed by atoms with Gasteiger partial charge in [-0.3, -0.25) is 4.68 Å². The van der Waals surface area contributed by atoms with Gasteiger partial charge < -0.3 is 4.74 Å². The normalized spacial score (nSPS) is 10.5. The Balaban J connectivity index is 3.03. The summed E-state index contributed by atoms with van der Waals surface area (Å²) in [7, 11) is 1.37. The lowest BCUT2D eigenvalue weighted by Gasteiger charge is -2.02. The summed E-state index contributed by atoms with van der Waals surface area (Å²) in [6.45, 7) is 4.01. The molecule has 0 aliphatic heterocycles. The van der Waals surface area contributed by atoms with E-state index in [9.17, 15) is 4.79 Å². The number of carbonyl (C=O) groups is 1. The highest BCUT2D eigenvalue weighted by Gasteiger charge is 2.15. The number of nitrogens with zero attached hydrogens (tertiary/aromatic N) is 2. The van der Waals surface area contributed by atoms with Crippen LogP contribution >= 0.6 is 22.6 Å². The standard InChI is InChI=1S/C8H11IN2O2/c1-5(2)11-4-6(7(9)10-11)8(12)13-3/h4-5H,1-3H3. The Morgan fingerprint density at radius 2 is 2.31 bits per heavy atom. The Labute approximate surface area is 90.4 Å². The molecule has 0 aromatic carbocycles. The maximum Gasteiger partial charge on any atom is 0.342 e. The Hall–Kier alpha value is -0.590. The zero-order valence-corrected chi connectivity index (χ0v) is 9.90. The maximum absolute atomic E-state index is 11.2. The van der Waals surface area contributed by atoms with Crippen LogP contribution in [0.2, 0.25) is 0 Å². The summed E-state index contributed by atoms with van der Waals surface area (Å²) in [5.74, 6) is -0.337. The molecule has 0 bridgehead atoms. The molecular weight excluding hydrogens is 283 g/mol. The first kappa shape index (κ1) is 10.5. The van der Waals surface area contributed by atoms with Crippen molar-refractivity contribution in [1.82, 2.24) is 9.78 Å². The SMILES string of the molecule is COC(=O)c1cn(C(C)C)nc1I. The molecule has 0 atom stereocenters. The minimum Gasteiger partial charge on any atom is -0.465 e. The van der Waals surface area contributed by atoms with E-state index in [4.69, 9.17) is 0 Å². The van der Waals surface area contributed by atoms with Gasteiger partial charge in [-0.05, 0) is 36.4 Å². The monoisotopic (exact) mass is 294 g/mol. The van der Waals surface area contributed by atoms with Crippen LogP contribution in [0.25, 0.3) is 0 Å². The summed E-state index contributed by atoms with van der Waals surface area (Å²) in [5.41, 5.74) is 0.525. The van der Waals surface area contributed by atoms with Crippen molar-refractivity contribution in [1.29, 1.82) is 0 Å². The lowest BCUT2D eigenvalue weighted by molar-refractivity contribution is 0.0599. The molecular formula is C8H11IN2O2. The predicted octanol–water partition coefficient (Wildman–Crippen LogP) is 1.86. The highest BCUT2D eigenvalue weighted by atomic mass is 127. The van der Waals surface area contributed by atoms with E-state index < -0.39 is 0 Å². The summed E-state index contributed by atoms with van der Waals surface area (Å²) in [5, 5.41) is 4.18. The van der Waals surface area contributed by atoms with Crippen molar-refractivity contribution >= 4 is 28.6 Å². The Bertz CT molecular complexity index is 320. The van der Waals surface area contributed by atoms with Gasteiger partial charge in [-0.1, -0.05) is 0 Å². The van der Waals surface area contributed by atoms with Gasteiger partial charge in [0.1, 0.15) is 9.26 Å². The molecule has 1 aromatic heterocycles. The fraction of sp³-hybridized carbons (Fsp3) is 0.500. The van der Waals surface area contributed by atoms with Crippen molar-refractivity contribution < 1.29 is 9.53 Å². The second-order valence-corrected chi connectivity index (χ2v) is 3.92. The molecule has 0 radical (unpaired) electrons. The number of esters is 1. The third-order valence-electron chi connectivity index (χ3n) is 1.62. The molecule has 0 aliphatic carbocycles. The third kappa shape index (κ3) is 2.20. The van der Waals surface area contributed by atoms with E-state index in [0.717, 1.165) is 0 Å². The molecule has 5 heteroatoms. The van der Waals surface area contributed by atoms with Crippen LogP contribution in [0, 0.1) is 3.70 Å². The average molecular weight is 294 g/mol. The van der Waals surface area contributed by atoms with Gasteiger partial charge in [0.2, 0.25) is 0 Å². The zero-order chi connectivity index (χ0) is 10.0. The number of halogens is 1. The average Bonchev–Trinajstić information content (AvgIpc) is 2.46. The number of hydrogen-bond donors (Lipinski definition) is 0. The van der Waals surface area contributed by atoms with E-state index in [0.29, 0.717) is 9.26 Å². The summed E-state index contributed by atoms with van der Waals surface area (Å²) < 4.78 is 7.04. The van der Waals surface area contributed by atoms with Crippen molar-refractivity contribution in [3.8, 4) is 0 Å². The molecule has 1 heterocycles. The van der Waals surface area contributed by atoms with Crippen molar-refractivity contribution in [3.63, 3.8) is 0 Å². The van der Waals surface area contributed by atoms with Gasteiger partial charge in [0.25, 0.3) is 0 Å². The van der Waals surface area contributed by atoms with Gasteiger partial charge in [-0.2, -0.15) is 5.10 Å². The number of hydrogen-bond acceptors (Lipinski definition) is 3. The first-order valence-corrected chi connectivity index (χ1v) is 4.97. The molecule has 72 valence electrons. The number of carbonyl (C=O) groups excluding carboxylic acids is 1. The minimum absolute atomic E-state index is 0.256. The van der Waals surface area contributed by atoms with E-state index in [1.165, 1.54) is 7.11 Å². The molecule has 0 spiro atoms. The first-order chi connectivity index (χ1) is 6.06. The summed E-state index contributed by atoms with van der Waals surface area (Å²) >= 11 is 2.02. The summed E-state index contributed by atoms with van der Waals surface area (Å²) in [4.78, 5) is 11.2. The predicted molar refractivity (Wildman–Crippen MR) is 56.7 cm³/mol. The number of methoxy groups -OCH3 is 1.